The maximum absolute atomic E-state index is 14.3. The molecule has 3 rings (SSSR count). The van der Waals surface area contributed by atoms with Gasteiger partial charge in [-0.15, -0.1) is 13.2 Å². The number of fused-ring (bicyclic) bond motifs is 1. The summed E-state index contributed by atoms with van der Waals surface area (Å²) in [5, 5.41) is 10.3. The average molecular weight is 491 g/mol. The lowest BCUT2D eigenvalue weighted by molar-refractivity contribution is -0.157. The van der Waals surface area contributed by atoms with Crippen molar-refractivity contribution in [3.63, 3.8) is 0 Å². The minimum atomic E-state index is -1.10. The molecule has 2 amide bonds. The van der Waals surface area contributed by atoms with E-state index in [9.17, 15) is 19.5 Å². The second-order valence-corrected chi connectivity index (χ2v) is 10.5. The number of hydrogen-bond acceptors (Lipinski definition) is 6. The molecular formula is C27H42N2O6. The number of amides is 2. The zero-order valence-corrected chi connectivity index (χ0v) is 21.7. The molecule has 7 atom stereocenters. The van der Waals surface area contributed by atoms with Gasteiger partial charge in [-0.1, -0.05) is 39.3 Å². The SMILES string of the molecule is C=CCCOC(=O)[C@@H]1[C@H]2C(=O)N([C@@H](CO)C(C)C)C(C(=O)N(CC=C)C(C)CCC)C23CC[C@H]1O3. The first kappa shape index (κ1) is 27.4. The van der Waals surface area contributed by atoms with E-state index in [0.29, 0.717) is 25.8 Å². The molecule has 8 nitrogen and oxygen atoms in total. The Morgan fingerprint density at radius 3 is 2.60 bits per heavy atom. The first-order valence-corrected chi connectivity index (χ1v) is 13.0. The van der Waals surface area contributed by atoms with Crippen LogP contribution in [0.2, 0.25) is 0 Å². The zero-order chi connectivity index (χ0) is 25.9. The third kappa shape index (κ3) is 4.67. The molecule has 8 heteroatoms. The van der Waals surface area contributed by atoms with E-state index < -0.39 is 41.6 Å². The number of carbonyl (C=O) groups excluding carboxylic acids is 3. The minimum absolute atomic E-state index is 0.0530. The highest BCUT2D eigenvalue weighted by Crippen LogP contribution is 2.59. The van der Waals surface area contributed by atoms with Crippen LogP contribution < -0.4 is 0 Å². The molecule has 196 valence electrons. The fourth-order valence-electron chi connectivity index (χ4n) is 6.31. The largest absolute Gasteiger partial charge is 0.465 e. The van der Waals surface area contributed by atoms with Crippen molar-refractivity contribution < 1.29 is 29.0 Å². The Morgan fingerprint density at radius 1 is 1.31 bits per heavy atom. The number of likely N-dealkylation sites (tertiary alicyclic amines) is 1. The zero-order valence-electron chi connectivity index (χ0n) is 21.7. The smallest absolute Gasteiger partial charge is 0.312 e. The van der Waals surface area contributed by atoms with Gasteiger partial charge in [0.1, 0.15) is 11.6 Å². The van der Waals surface area contributed by atoms with Crippen LogP contribution >= 0.6 is 0 Å². The van der Waals surface area contributed by atoms with Crippen molar-refractivity contribution in [2.24, 2.45) is 17.8 Å². The molecule has 0 aromatic rings. The molecule has 3 saturated heterocycles. The lowest BCUT2D eigenvalue weighted by Crippen LogP contribution is -2.60. The third-order valence-corrected chi connectivity index (χ3v) is 7.97. The number of aliphatic hydroxyl groups excluding tert-OH is 1. The van der Waals surface area contributed by atoms with Gasteiger partial charge in [-0.2, -0.15) is 0 Å². The lowest BCUT2D eigenvalue weighted by Gasteiger charge is -2.41. The molecule has 0 radical (unpaired) electrons. The average Bonchev–Trinajstić information content (AvgIpc) is 3.45. The minimum Gasteiger partial charge on any atom is -0.465 e. The van der Waals surface area contributed by atoms with Crippen molar-refractivity contribution in [2.45, 2.75) is 89.6 Å². The molecule has 0 saturated carbocycles. The van der Waals surface area contributed by atoms with Crippen LogP contribution in [0.25, 0.3) is 0 Å². The molecule has 1 spiro atoms. The van der Waals surface area contributed by atoms with E-state index in [1.807, 2.05) is 20.8 Å². The number of nitrogens with zero attached hydrogens (tertiary/aromatic N) is 2. The van der Waals surface area contributed by atoms with Crippen LogP contribution in [0.1, 0.15) is 59.8 Å². The third-order valence-electron chi connectivity index (χ3n) is 7.97. The monoisotopic (exact) mass is 490 g/mol. The molecule has 0 aromatic heterocycles. The molecule has 3 aliphatic heterocycles. The van der Waals surface area contributed by atoms with Crippen molar-refractivity contribution >= 4 is 17.8 Å². The van der Waals surface area contributed by atoms with E-state index in [4.69, 9.17) is 9.47 Å². The molecule has 35 heavy (non-hydrogen) atoms. The summed E-state index contributed by atoms with van der Waals surface area (Å²) in [6, 6.07) is -1.53. The summed E-state index contributed by atoms with van der Waals surface area (Å²) in [5.41, 5.74) is -1.10. The molecule has 0 aromatic carbocycles. The maximum atomic E-state index is 14.3. The van der Waals surface area contributed by atoms with Crippen molar-refractivity contribution in [3.8, 4) is 0 Å². The van der Waals surface area contributed by atoms with Crippen LogP contribution in [-0.4, -0.2) is 82.3 Å². The Kier molecular flexibility index (Phi) is 8.81. The number of esters is 1. The molecule has 3 aliphatic rings. The Labute approximate surface area is 209 Å². The fraction of sp³-hybridized carbons (Fsp3) is 0.741. The van der Waals surface area contributed by atoms with Gasteiger partial charge < -0.3 is 24.4 Å². The van der Waals surface area contributed by atoms with Crippen LogP contribution in [-0.2, 0) is 23.9 Å². The Hall–Kier alpha value is -2.19. The van der Waals surface area contributed by atoms with Crippen LogP contribution in [0.3, 0.4) is 0 Å². The van der Waals surface area contributed by atoms with E-state index in [1.54, 1.807) is 17.1 Å². The summed E-state index contributed by atoms with van der Waals surface area (Å²) in [6.45, 7) is 15.7. The summed E-state index contributed by atoms with van der Waals surface area (Å²) >= 11 is 0. The second kappa shape index (κ2) is 11.2. The van der Waals surface area contributed by atoms with Crippen LogP contribution in [0.5, 0.6) is 0 Å². The molecule has 3 fully saturated rings. The molecule has 2 bridgehead atoms. The molecular weight excluding hydrogens is 448 g/mol. The maximum Gasteiger partial charge on any atom is 0.312 e. The predicted molar refractivity (Wildman–Crippen MR) is 132 cm³/mol. The Balaban J connectivity index is 2.06. The number of ether oxygens (including phenoxy) is 2. The highest BCUT2D eigenvalue weighted by Gasteiger charge is 2.75. The molecule has 0 aliphatic carbocycles. The van der Waals surface area contributed by atoms with Crippen LogP contribution in [0.15, 0.2) is 25.3 Å². The van der Waals surface area contributed by atoms with E-state index >= 15 is 0 Å². The van der Waals surface area contributed by atoms with E-state index in [-0.39, 0.29) is 37.0 Å². The standard InChI is InChI=1S/C27H42N2O6/c1-7-10-15-34-26(33)21-20-12-13-27(35-20)22(21)24(31)29(19(16-30)17(4)5)23(27)25(32)28(14-9-3)18(6)11-8-2/h7,9,17-23,30H,1,3,8,10-16H2,2,4-6H3/t18?,19-,20+,21-,22-,23?,27?/m0/s1. The first-order valence-electron chi connectivity index (χ1n) is 13.0. The number of carbonyl (C=O) groups is 3. The highest BCUT2D eigenvalue weighted by atomic mass is 16.6. The van der Waals surface area contributed by atoms with Crippen molar-refractivity contribution in [2.75, 3.05) is 19.8 Å². The Morgan fingerprint density at radius 2 is 2.03 bits per heavy atom. The van der Waals surface area contributed by atoms with Gasteiger partial charge in [-0.05, 0) is 38.5 Å². The summed E-state index contributed by atoms with van der Waals surface area (Å²) in [6.07, 6.45) is 6.25. The summed E-state index contributed by atoms with van der Waals surface area (Å²) in [4.78, 5) is 44.7. The highest BCUT2D eigenvalue weighted by molar-refractivity contribution is 5.98. The number of rotatable bonds is 13. The Bertz CT molecular complexity index is 828. The van der Waals surface area contributed by atoms with E-state index in [1.165, 1.54) is 4.90 Å². The first-order chi connectivity index (χ1) is 16.7. The summed E-state index contributed by atoms with van der Waals surface area (Å²) in [7, 11) is 0. The van der Waals surface area contributed by atoms with Crippen molar-refractivity contribution in [3.05, 3.63) is 25.3 Å². The summed E-state index contributed by atoms with van der Waals surface area (Å²) in [5.74, 6) is -2.62. The predicted octanol–water partition coefficient (Wildman–Crippen LogP) is 2.70. The van der Waals surface area contributed by atoms with Crippen LogP contribution in [0.4, 0.5) is 0 Å². The van der Waals surface area contributed by atoms with Gasteiger partial charge >= 0.3 is 5.97 Å². The van der Waals surface area contributed by atoms with Gasteiger partial charge in [0.05, 0.1) is 37.2 Å². The van der Waals surface area contributed by atoms with Gasteiger partial charge in [0.2, 0.25) is 11.8 Å². The van der Waals surface area contributed by atoms with Gasteiger partial charge in [0, 0.05) is 12.6 Å². The van der Waals surface area contributed by atoms with E-state index in [2.05, 4.69) is 20.1 Å². The number of aliphatic hydroxyl groups is 1. The number of hydrogen-bond donors (Lipinski definition) is 1. The quantitative estimate of drug-likeness (QED) is 0.242. The van der Waals surface area contributed by atoms with Crippen LogP contribution in [0, 0.1) is 17.8 Å². The molecule has 3 heterocycles. The molecule has 1 N–H and O–H groups in total. The van der Waals surface area contributed by atoms with Gasteiger partial charge in [-0.25, -0.2) is 0 Å². The van der Waals surface area contributed by atoms with Crippen molar-refractivity contribution in [1.29, 1.82) is 0 Å². The van der Waals surface area contributed by atoms with Gasteiger partial charge in [-0.3, -0.25) is 14.4 Å². The van der Waals surface area contributed by atoms with Gasteiger partial charge in [0.15, 0.2) is 0 Å². The van der Waals surface area contributed by atoms with Crippen molar-refractivity contribution in [1.82, 2.24) is 9.80 Å². The lowest BCUT2D eigenvalue weighted by atomic mass is 9.70. The van der Waals surface area contributed by atoms with Gasteiger partial charge in [0.25, 0.3) is 0 Å². The second-order valence-electron chi connectivity index (χ2n) is 10.5. The topological polar surface area (TPSA) is 96.4 Å². The normalized spacial score (nSPS) is 30.8. The summed E-state index contributed by atoms with van der Waals surface area (Å²) < 4.78 is 11.9. The molecule has 3 unspecified atom stereocenters. The fourth-order valence-corrected chi connectivity index (χ4v) is 6.31. The van der Waals surface area contributed by atoms with E-state index in [0.717, 1.165) is 12.8 Å².